The molecule has 0 aromatic heterocycles. The van der Waals surface area contributed by atoms with Crippen LogP contribution in [0.5, 0.6) is 5.75 Å². The van der Waals surface area contributed by atoms with Crippen molar-refractivity contribution in [1.82, 2.24) is 5.32 Å². The Hall–Kier alpha value is -3.98. The summed E-state index contributed by atoms with van der Waals surface area (Å²) in [5.74, 6) is -2.43. The molecule has 10 nitrogen and oxygen atoms in total. The second-order valence-electron chi connectivity index (χ2n) is 11.0. The SMILES string of the molecule is COC(=O)CCNC(=O)[C@H](O)C(C)(C)COP(=O)(C[C@@H](Cc1ccccc1)C(=O)OCc1ccccc1)Oc1ccccc1. The van der Waals surface area contributed by atoms with Gasteiger partial charge in [-0.1, -0.05) is 92.7 Å². The van der Waals surface area contributed by atoms with Gasteiger partial charge in [0.2, 0.25) is 5.91 Å². The molecule has 1 unspecified atom stereocenters. The molecule has 0 radical (unpaired) electrons. The summed E-state index contributed by atoms with van der Waals surface area (Å²) in [4.78, 5) is 37.4. The van der Waals surface area contributed by atoms with Crippen LogP contribution in [0.2, 0.25) is 0 Å². The summed E-state index contributed by atoms with van der Waals surface area (Å²) in [6.45, 7) is 2.81. The third kappa shape index (κ3) is 11.3. The summed E-state index contributed by atoms with van der Waals surface area (Å²) in [6, 6.07) is 26.9. The van der Waals surface area contributed by atoms with Gasteiger partial charge in [-0.25, -0.2) is 4.57 Å². The minimum absolute atomic E-state index is 0.0264. The van der Waals surface area contributed by atoms with Crippen LogP contribution in [-0.2, 0) is 46.0 Å². The second kappa shape index (κ2) is 16.8. The van der Waals surface area contributed by atoms with E-state index in [1.807, 2.05) is 60.7 Å². The molecule has 0 saturated carbocycles. The Labute approximate surface area is 258 Å². The smallest absolute Gasteiger partial charge is 0.380 e. The standard InChI is InChI=1S/C33H40NO9P/c1-33(2,30(36)31(37)34-20-19-29(35)40-3)24-42-44(39,43-28-17-11-6-12-18-28)23-27(21-25-13-7-4-8-14-25)32(38)41-22-26-15-9-5-10-16-26/h4-18,27,30,36H,19-24H2,1-3H3,(H,34,37)/t27-,30+,44?/m1/s1. The predicted molar refractivity (Wildman–Crippen MR) is 165 cm³/mol. The van der Waals surface area contributed by atoms with Crippen LogP contribution in [0.3, 0.4) is 0 Å². The summed E-state index contributed by atoms with van der Waals surface area (Å²) in [5, 5.41) is 13.3. The number of hydrogen-bond donors (Lipinski definition) is 2. The largest absolute Gasteiger partial charge is 0.469 e. The number of ether oxygens (including phenoxy) is 2. The molecule has 0 aliphatic carbocycles. The molecule has 0 aliphatic heterocycles. The fourth-order valence-electron chi connectivity index (χ4n) is 4.18. The normalized spacial score (nSPS) is 14.0. The third-order valence-electron chi connectivity index (χ3n) is 6.79. The number of nitrogens with one attached hydrogen (secondary N) is 1. The lowest BCUT2D eigenvalue weighted by Gasteiger charge is -2.31. The van der Waals surface area contributed by atoms with Crippen LogP contribution < -0.4 is 9.84 Å². The van der Waals surface area contributed by atoms with Crippen LogP contribution in [-0.4, -0.2) is 55.5 Å². The van der Waals surface area contributed by atoms with Gasteiger partial charge in [-0.15, -0.1) is 0 Å². The molecule has 44 heavy (non-hydrogen) atoms. The first kappa shape index (κ1) is 34.5. The number of carbonyl (C=O) groups is 3. The minimum atomic E-state index is -4.09. The Bertz CT molecular complexity index is 1380. The lowest BCUT2D eigenvalue weighted by molar-refractivity contribution is -0.149. The molecule has 0 fully saturated rings. The summed E-state index contributed by atoms with van der Waals surface area (Å²) in [5.41, 5.74) is 0.410. The molecule has 0 spiro atoms. The molecule has 3 atom stereocenters. The number of esters is 2. The Morgan fingerprint density at radius 1 is 0.886 bits per heavy atom. The van der Waals surface area contributed by atoms with Gasteiger partial charge in [0.15, 0.2) is 0 Å². The summed E-state index contributed by atoms with van der Waals surface area (Å²) < 4.78 is 36.4. The monoisotopic (exact) mass is 625 g/mol. The van der Waals surface area contributed by atoms with Crippen molar-refractivity contribution in [1.29, 1.82) is 0 Å². The number of rotatable bonds is 17. The van der Waals surface area contributed by atoms with Gasteiger partial charge >= 0.3 is 19.5 Å². The number of carbonyl (C=O) groups excluding carboxylic acids is 3. The first-order chi connectivity index (χ1) is 21.0. The van der Waals surface area contributed by atoms with E-state index in [0.29, 0.717) is 0 Å². The predicted octanol–water partition coefficient (Wildman–Crippen LogP) is 4.94. The third-order valence-corrected chi connectivity index (χ3v) is 8.69. The highest BCUT2D eigenvalue weighted by molar-refractivity contribution is 7.54. The van der Waals surface area contributed by atoms with Crippen molar-refractivity contribution in [3.05, 3.63) is 102 Å². The second-order valence-corrected chi connectivity index (χ2v) is 13.0. The van der Waals surface area contributed by atoms with E-state index < -0.39 is 42.9 Å². The minimum Gasteiger partial charge on any atom is -0.469 e. The highest BCUT2D eigenvalue weighted by Crippen LogP contribution is 2.51. The van der Waals surface area contributed by atoms with E-state index >= 15 is 0 Å². The number of para-hydroxylation sites is 1. The molecule has 0 saturated heterocycles. The van der Waals surface area contributed by atoms with Crippen molar-refractivity contribution in [2.45, 2.75) is 39.4 Å². The Balaban J connectivity index is 1.80. The van der Waals surface area contributed by atoms with Gasteiger partial charge in [0, 0.05) is 12.0 Å². The Morgan fingerprint density at radius 3 is 2.05 bits per heavy atom. The molecule has 1 amide bonds. The Kier molecular flexibility index (Phi) is 13.1. The van der Waals surface area contributed by atoms with Crippen molar-refractivity contribution in [2.24, 2.45) is 11.3 Å². The zero-order valence-electron chi connectivity index (χ0n) is 25.2. The van der Waals surface area contributed by atoms with Crippen molar-refractivity contribution >= 4 is 25.4 Å². The number of methoxy groups -OCH3 is 1. The molecule has 3 aromatic carbocycles. The van der Waals surface area contributed by atoms with E-state index in [2.05, 4.69) is 10.1 Å². The molecule has 11 heteroatoms. The van der Waals surface area contributed by atoms with Gasteiger partial charge in [0.25, 0.3) is 0 Å². The van der Waals surface area contributed by atoms with Gasteiger partial charge in [-0.3, -0.25) is 18.9 Å². The molecule has 0 aliphatic rings. The zero-order chi connectivity index (χ0) is 32.0. The highest BCUT2D eigenvalue weighted by Gasteiger charge is 2.40. The highest BCUT2D eigenvalue weighted by atomic mass is 31.2. The summed E-state index contributed by atoms with van der Waals surface area (Å²) in [7, 11) is -2.85. The van der Waals surface area contributed by atoms with E-state index in [0.717, 1.165) is 11.1 Å². The van der Waals surface area contributed by atoms with Crippen LogP contribution in [0.4, 0.5) is 0 Å². The van der Waals surface area contributed by atoms with Crippen LogP contribution in [0.1, 0.15) is 31.4 Å². The van der Waals surface area contributed by atoms with Crippen LogP contribution >= 0.6 is 7.60 Å². The first-order valence-electron chi connectivity index (χ1n) is 14.3. The lowest BCUT2D eigenvalue weighted by Crippen LogP contribution is -2.46. The number of benzene rings is 3. The zero-order valence-corrected chi connectivity index (χ0v) is 26.1. The van der Waals surface area contributed by atoms with Crippen molar-refractivity contribution in [3.63, 3.8) is 0 Å². The number of aliphatic hydroxyl groups excluding tert-OH is 1. The number of amides is 1. The van der Waals surface area contributed by atoms with Gasteiger partial charge in [-0.05, 0) is 29.7 Å². The number of hydrogen-bond acceptors (Lipinski definition) is 9. The van der Waals surface area contributed by atoms with Crippen LogP contribution in [0.25, 0.3) is 0 Å². The molecular formula is C33H40NO9P. The van der Waals surface area contributed by atoms with E-state index in [9.17, 15) is 24.1 Å². The lowest BCUT2D eigenvalue weighted by atomic mass is 9.87. The number of aliphatic hydroxyl groups is 1. The van der Waals surface area contributed by atoms with Gasteiger partial charge in [-0.2, -0.15) is 0 Å². The quantitative estimate of drug-likeness (QED) is 0.158. The topological polar surface area (TPSA) is 137 Å². The fourth-order valence-corrected chi connectivity index (χ4v) is 6.20. The molecular weight excluding hydrogens is 585 g/mol. The van der Waals surface area contributed by atoms with E-state index in [1.165, 1.54) is 7.11 Å². The summed E-state index contributed by atoms with van der Waals surface area (Å²) in [6.07, 6.45) is -1.73. The van der Waals surface area contributed by atoms with Crippen LogP contribution in [0, 0.1) is 11.3 Å². The van der Waals surface area contributed by atoms with Gasteiger partial charge < -0.3 is 24.4 Å². The molecule has 2 N–H and O–H groups in total. The van der Waals surface area contributed by atoms with Gasteiger partial charge in [0.05, 0.1) is 32.2 Å². The maximum Gasteiger partial charge on any atom is 0.380 e. The van der Waals surface area contributed by atoms with Crippen molar-refractivity contribution in [2.75, 3.05) is 26.4 Å². The Morgan fingerprint density at radius 2 is 1.45 bits per heavy atom. The van der Waals surface area contributed by atoms with Crippen molar-refractivity contribution in [3.8, 4) is 5.75 Å². The maximum atomic E-state index is 14.4. The summed E-state index contributed by atoms with van der Waals surface area (Å²) >= 11 is 0. The molecule has 3 rings (SSSR count). The maximum absolute atomic E-state index is 14.4. The molecule has 0 heterocycles. The van der Waals surface area contributed by atoms with E-state index in [-0.39, 0.29) is 44.5 Å². The average Bonchev–Trinajstić information content (AvgIpc) is 3.03. The molecule has 236 valence electrons. The van der Waals surface area contributed by atoms with Crippen molar-refractivity contribution < 1.29 is 42.6 Å². The van der Waals surface area contributed by atoms with Gasteiger partial charge in [0.1, 0.15) is 18.5 Å². The van der Waals surface area contributed by atoms with Crippen LogP contribution in [0.15, 0.2) is 91.0 Å². The fraction of sp³-hybridized carbons (Fsp3) is 0.364. The van der Waals surface area contributed by atoms with E-state index in [4.69, 9.17) is 13.8 Å². The average molecular weight is 626 g/mol. The molecule has 0 bridgehead atoms. The van der Waals surface area contributed by atoms with E-state index in [1.54, 1.807) is 44.2 Å². The first-order valence-corrected chi connectivity index (χ1v) is 16.0. The molecule has 3 aromatic rings.